The lowest BCUT2D eigenvalue weighted by molar-refractivity contribution is 0.920. The van der Waals surface area contributed by atoms with Gasteiger partial charge in [0.2, 0.25) is 0 Å². The molecule has 3 nitrogen and oxygen atoms in total. The minimum Gasteiger partial charge on any atom is -0.306 e. The van der Waals surface area contributed by atoms with E-state index in [0.29, 0.717) is 0 Å². The molecule has 3 aromatic rings. The third-order valence-corrected chi connectivity index (χ3v) is 3.84. The standard InChI is InChI=1S/C16H15ClN2O/c1-10-2-4-11(5-3-10)8-13(17)12-6-7-14-15(9-12)19-16(20)18-14/h2-7,9,13H,8H2,1H3,(H2,18,19,20). The van der Waals surface area contributed by atoms with E-state index in [1.165, 1.54) is 11.1 Å². The van der Waals surface area contributed by atoms with Crippen molar-refractivity contribution in [1.82, 2.24) is 9.97 Å². The zero-order valence-corrected chi connectivity index (χ0v) is 11.9. The molecule has 0 saturated carbocycles. The molecule has 20 heavy (non-hydrogen) atoms. The number of H-pyrrole nitrogens is 2. The Hall–Kier alpha value is -2.00. The Morgan fingerprint density at radius 3 is 2.50 bits per heavy atom. The van der Waals surface area contributed by atoms with Gasteiger partial charge in [-0.15, -0.1) is 11.6 Å². The average molecular weight is 287 g/mol. The molecule has 0 aliphatic heterocycles. The lowest BCUT2D eigenvalue weighted by Gasteiger charge is -2.10. The lowest BCUT2D eigenvalue weighted by atomic mass is 10.0. The summed E-state index contributed by atoms with van der Waals surface area (Å²) in [5.41, 5.74) is 4.86. The van der Waals surface area contributed by atoms with E-state index < -0.39 is 0 Å². The second kappa shape index (κ2) is 5.17. The van der Waals surface area contributed by atoms with Gasteiger partial charge in [-0.2, -0.15) is 0 Å². The molecule has 4 heteroatoms. The number of aryl methyl sites for hydroxylation is 1. The highest BCUT2D eigenvalue weighted by molar-refractivity contribution is 6.21. The Kier molecular flexibility index (Phi) is 3.36. The van der Waals surface area contributed by atoms with Crippen LogP contribution in [-0.4, -0.2) is 9.97 Å². The van der Waals surface area contributed by atoms with Gasteiger partial charge in [0, 0.05) is 0 Å². The first-order valence-corrected chi connectivity index (χ1v) is 6.97. The summed E-state index contributed by atoms with van der Waals surface area (Å²) in [5, 5.41) is -0.111. The number of hydrogen-bond donors (Lipinski definition) is 2. The minimum absolute atomic E-state index is 0.111. The van der Waals surface area contributed by atoms with Crippen molar-refractivity contribution in [2.24, 2.45) is 0 Å². The minimum atomic E-state index is -0.193. The molecule has 3 rings (SSSR count). The quantitative estimate of drug-likeness (QED) is 0.709. The highest BCUT2D eigenvalue weighted by Crippen LogP contribution is 2.26. The van der Waals surface area contributed by atoms with Crippen molar-refractivity contribution in [3.63, 3.8) is 0 Å². The molecule has 0 saturated heterocycles. The van der Waals surface area contributed by atoms with E-state index in [4.69, 9.17) is 11.6 Å². The molecule has 1 unspecified atom stereocenters. The molecular formula is C16H15ClN2O. The Morgan fingerprint density at radius 2 is 1.75 bits per heavy atom. The first-order valence-electron chi connectivity index (χ1n) is 6.53. The van der Waals surface area contributed by atoms with Crippen LogP contribution < -0.4 is 5.69 Å². The molecule has 1 atom stereocenters. The largest absolute Gasteiger partial charge is 0.323 e. The van der Waals surface area contributed by atoms with Crippen LogP contribution in [0, 0.1) is 6.92 Å². The number of alkyl halides is 1. The van der Waals surface area contributed by atoms with E-state index in [-0.39, 0.29) is 11.1 Å². The number of halogens is 1. The van der Waals surface area contributed by atoms with Crippen molar-refractivity contribution in [2.75, 3.05) is 0 Å². The number of hydrogen-bond acceptors (Lipinski definition) is 1. The summed E-state index contributed by atoms with van der Waals surface area (Å²) >= 11 is 6.49. The number of fused-ring (bicyclic) bond motifs is 1. The molecular weight excluding hydrogens is 272 g/mol. The van der Waals surface area contributed by atoms with Gasteiger partial charge in [-0.3, -0.25) is 0 Å². The zero-order chi connectivity index (χ0) is 14.1. The molecule has 0 radical (unpaired) electrons. The van der Waals surface area contributed by atoms with Gasteiger partial charge in [0.25, 0.3) is 0 Å². The number of rotatable bonds is 3. The van der Waals surface area contributed by atoms with Gasteiger partial charge in [-0.05, 0) is 36.6 Å². The molecule has 2 N–H and O–H groups in total. The van der Waals surface area contributed by atoms with Gasteiger partial charge in [-0.1, -0.05) is 35.9 Å². The van der Waals surface area contributed by atoms with Crippen LogP contribution in [0.5, 0.6) is 0 Å². The number of aromatic amines is 2. The fourth-order valence-electron chi connectivity index (χ4n) is 2.29. The third-order valence-electron chi connectivity index (χ3n) is 3.44. The monoisotopic (exact) mass is 286 g/mol. The van der Waals surface area contributed by atoms with Crippen molar-refractivity contribution < 1.29 is 0 Å². The van der Waals surface area contributed by atoms with Gasteiger partial charge >= 0.3 is 5.69 Å². The van der Waals surface area contributed by atoms with Crippen molar-refractivity contribution in [3.05, 3.63) is 69.6 Å². The summed E-state index contributed by atoms with van der Waals surface area (Å²) in [6, 6.07) is 14.1. The molecule has 2 aromatic carbocycles. The van der Waals surface area contributed by atoms with Crippen LogP contribution in [0.3, 0.4) is 0 Å². The summed E-state index contributed by atoms with van der Waals surface area (Å²) in [6.07, 6.45) is 0.766. The van der Waals surface area contributed by atoms with E-state index in [1.54, 1.807) is 0 Å². The number of benzene rings is 2. The number of nitrogens with one attached hydrogen (secondary N) is 2. The third kappa shape index (κ3) is 2.63. The van der Waals surface area contributed by atoms with E-state index in [9.17, 15) is 4.79 Å². The van der Waals surface area contributed by atoms with Gasteiger partial charge < -0.3 is 9.97 Å². The van der Waals surface area contributed by atoms with Gasteiger partial charge in [0.05, 0.1) is 16.4 Å². The number of imidazole rings is 1. The Labute approximate surface area is 121 Å². The molecule has 0 amide bonds. The molecule has 0 aliphatic rings. The normalized spacial score (nSPS) is 12.7. The topological polar surface area (TPSA) is 48.6 Å². The second-order valence-electron chi connectivity index (χ2n) is 5.04. The fourth-order valence-corrected chi connectivity index (χ4v) is 2.61. The second-order valence-corrected chi connectivity index (χ2v) is 5.57. The van der Waals surface area contributed by atoms with E-state index in [1.807, 2.05) is 18.2 Å². The van der Waals surface area contributed by atoms with E-state index >= 15 is 0 Å². The van der Waals surface area contributed by atoms with Crippen LogP contribution in [-0.2, 0) is 6.42 Å². The smallest absolute Gasteiger partial charge is 0.306 e. The van der Waals surface area contributed by atoms with Crippen LogP contribution in [0.2, 0.25) is 0 Å². The highest BCUT2D eigenvalue weighted by Gasteiger charge is 2.10. The fraction of sp³-hybridized carbons (Fsp3) is 0.188. The predicted octanol–water partition coefficient (Wildman–Crippen LogP) is 3.69. The maximum absolute atomic E-state index is 11.2. The zero-order valence-electron chi connectivity index (χ0n) is 11.1. The SMILES string of the molecule is Cc1ccc(CC(Cl)c2ccc3[nH]c(=O)[nH]c3c2)cc1. The average Bonchev–Trinajstić information content (AvgIpc) is 2.80. The van der Waals surface area contributed by atoms with Crippen molar-refractivity contribution >= 4 is 22.6 Å². The van der Waals surface area contributed by atoms with E-state index in [2.05, 4.69) is 41.2 Å². The first-order chi connectivity index (χ1) is 9.61. The Morgan fingerprint density at radius 1 is 1.05 bits per heavy atom. The molecule has 0 bridgehead atoms. The maximum atomic E-state index is 11.2. The van der Waals surface area contributed by atoms with Crippen LogP contribution >= 0.6 is 11.6 Å². The summed E-state index contributed by atoms with van der Waals surface area (Å²) in [6.45, 7) is 2.07. The molecule has 0 spiro atoms. The summed E-state index contributed by atoms with van der Waals surface area (Å²) in [5.74, 6) is 0. The Bertz CT molecular complexity index is 786. The van der Waals surface area contributed by atoms with Crippen molar-refractivity contribution in [3.8, 4) is 0 Å². The van der Waals surface area contributed by atoms with Gasteiger partial charge in [0.15, 0.2) is 0 Å². The first kappa shape index (κ1) is 13.0. The van der Waals surface area contributed by atoms with Gasteiger partial charge in [0.1, 0.15) is 0 Å². The molecule has 1 heterocycles. The van der Waals surface area contributed by atoms with Crippen LogP contribution in [0.1, 0.15) is 22.1 Å². The van der Waals surface area contributed by atoms with E-state index in [0.717, 1.165) is 23.0 Å². The highest BCUT2D eigenvalue weighted by atomic mass is 35.5. The number of aromatic nitrogens is 2. The summed E-state index contributed by atoms with van der Waals surface area (Å²) in [4.78, 5) is 16.7. The van der Waals surface area contributed by atoms with Crippen molar-refractivity contribution in [2.45, 2.75) is 18.7 Å². The van der Waals surface area contributed by atoms with Crippen molar-refractivity contribution in [1.29, 1.82) is 0 Å². The van der Waals surface area contributed by atoms with Gasteiger partial charge in [-0.25, -0.2) is 4.79 Å². The molecule has 0 fully saturated rings. The molecule has 0 aliphatic carbocycles. The summed E-state index contributed by atoms with van der Waals surface area (Å²) in [7, 11) is 0. The molecule has 1 aromatic heterocycles. The predicted molar refractivity (Wildman–Crippen MR) is 82.4 cm³/mol. The van der Waals surface area contributed by atoms with Crippen LogP contribution in [0.25, 0.3) is 11.0 Å². The maximum Gasteiger partial charge on any atom is 0.323 e. The lowest BCUT2D eigenvalue weighted by Crippen LogP contribution is -1.99. The summed E-state index contributed by atoms with van der Waals surface area (Å²) < 4.78 is 0. The Balaban J connectivity index is 1.85. The molecule has 102 valence electrons. The van der Waals surface area contributed by atoms with Crippen LogP contribution in [0.15, 0.2) is 47.3 Å². The van der Waals surface area contributed by atoms with Crippen LogP contribution in [0.4, 0.5) is 0 Å².